The summed E-state index contributed by atoms with van der Waals surface area (Å²) in [5, 5.41) is 9.82. The molecule has 2 aromatic heterocycles. The summed E-state index contributed by atoms with van der Waals surface area (Å²) < 4.78 is 29.5. The van der Waals surface area contributed by atoms with Crippen LogP contribution in [0.15, 0.2) is 46.7 Å². The van der Waals surface area contributed by atoms with E-state index in [1.54, 1.807) is 16.7 Å². The first-order chi connectivity index (χ1) is 10.8. The number of hydrogen-bond donors (Lipinski definition) is 2. The van der Waals surface area contributed by atoms with Crippen LogP contribution in [0.4, 0.5) is 0 Å². The smallest absolute Gasteiger partial charge is 0.259 e. The van der Waals surface area contributed by atoms with Crippen molar-refractivity contribution in [3.63, 3.8) is 0 Å². The van der Waals surface area contributed by atoms with Crippen LogP contribution in [-0.2, 0) is 16.6 Å². The standard InChI is InChI=1S/C14H20N4O4S/c1-11(2)18-9-13(15-10-18)23(21,22)16-7-12(19)8-17-6-4-3-5-14(17)20/h3-6,9-12,16,19H,7-8H2,1-2H3. The third-order valence-corrected chi connectivity index (χ3v) is 4.57. The molecular weight excluding hydrogens is 320 g/mol. The molecule has 0 aliphatic carbocycles. The fourth-order valence-corrected chi connectivity index (χ4v) is 2.93. The van der Waals surface area contributed by atoms with Gasteiger partial charge in [-0.15, -0.1) is 0 Å². The van der Waals surface area contributed by atoms with Crippen LogP contribution in [0.25, 0.3) is 0 Å². The zero-order chi connectivity index (χ0) is 17.0. The maximum atomic E-state index is 12.1. The van der Waals surface area contributed by atoms with Crippen molar-refractivity contribution in [2.45, 2.75) is 37.6 Å². The number of hydrogen-bond acceptors (Lipinski definition) is 5. The lowest BCUT2D eigenvalue weighted by molar-refractivity contribution is 0.156. The molecule has 2 aromatic rings. The lowest BCUT2D eigenvalue weighted by atomic mass is 10.3. The Balaban J connectivity index is 1.98. The van der Waals surface area contributed by atoms with E-state index in [1.807, 2.05) is 13.8 Å². The molecule has 0 bridgehead atoms. The highest BCUT2D eigenvalue weighted by Gasteiger charge is 2.19. The van der Waals surface area contributed by atoms with Crippen molar-refractivity contribution in [1.29, 1.82) is 0 Å². The van der Waals surface area contributed by atoms with Gasteiger partial charge in [0, 0.05) is 31.0 Å². The molecule has 2 rings (SSSR count). The van der Waals surface area contributed by atoms with E-state index in [-0.39, 0.29) is 29.7 Å². The second-order valence-corrected chi connectivity index (χ2v) is 7.16. The highest BCUT2D eigenvalue weighted by molar-refractivity contribution is 7.89. The van der Waals surface area contributed by atoms with Gasteiger partial charge in [-0.2, -0.15) is 0 Å². The molecule has 1 unspecified atom stereocenters. The van der Waals surface area contributed by atoms with Gasteiger partial charge in [0.25, 0.3) is 15.6 Å². The first kappa shape index (κ1) is 17.4. The van der Waals surface area contributed by atoms with Gasteiger partial charge in [-0.3, -0.25) is 4.79 Å². The highest BCUT2D eigenvalue weighted by atomic mass is 32.2. The lowest BCUT2D eigenvalue weighted by Gasteiger charge is -2.13. The Hall–Kier alpha value is -1.97. The van der Waals surface area contributed by atoms with Crippen LogP contribution < -0.4 is 10.3 Å². The first-order valence-corrected chi connectivity index (χ1v) is 8.64. The Morgan fingerprint density at radius 1 is 1.35 bits per heavy atom. The van der Waals surface area contributed by atoms with Gasteiger partial charge in [-0.05, 0) is 19.9 Å². The summed E-state index contributed by atoms with van der Waals surface area (Å²) in [4.78, 5) is 15.4. The minimum absolute atomic E-state index is 0.00261. The normalized spacial score (nSPS) is 13.4. The molecular formula is C14H20N4O4S. The largest absolute Gasteiger partial charge is 0.390 e. The number of rotatable bonds is 7. The number of pyridine rings is 1. The molecule has 0 aromatic carbocycles. The molecule has 0 amide bonds. The number of nitrogens with one attached hydrogen (secondary N) is 1. The molecule has 0 spiro atoms. The Kier molecular flexibility index (Phi) is 5.34. The number of aliphatic hydroxyl groups excluding tert-OH is 1. The van der Waals surface area contributed by atoms with Crippen molar-refractivity contribution in [1.82, 2.24) is 18.8 Å². The first-order valence-electron chi connectivity index (χ1n) is 7.16. The minimum Gasteiger partial charge on any atom is -0.390 e. The van der Waals surface area contributed by atoms with Crippen molar-refractivity contribution in [3.05, 3.63) is 47.3 Å². The number of imidazole rings is 1. The summed E-state index contributed by atoms with van der Waals surface area (Å²) in [6.07, 6.45) is 3.38. The van der Waals surface area contributed by atoms with Crippen LogP contribution in [0, 0.1) is 0 Å². The van der Waals surface area contributed by atoms with Gasteiger partial charge in [0.05, 0.1) is 19.0 Å². The Bertz CT molecular complexity index is 810. The van der Waals surface area contributed by atoms with Crippen LogP contribution in [0.2, 0.25) is 0 Å². The van der Waals surface area contributed by atoms with Crippen LogP contribution in [-0.4, -0.2) is 40.3 Å². The van der Waals surface area contributed by atoms with Crippen molar-refractivity contribution in [2.75, 3.05) is 6.54 Å². The van der Waals surface area contributed by atoms with Gasteiger partial charge in [0.15, 0.2) is 5.03 Å². The van der Waals surface area contributed by atoms with Crippen LogP contribution in [0.5, 0.6) is 0 Å². The van der Waals surface area contributed by atoms with Gasteiger partial charge >= 0.3 is 0 Å². The van der Waals surface area contributed by atoms with E-state index in [0.29, 0.717) is 0 Å². The molecule has 0 fully saturated rings. The fourth-order valence-electron chi connectivity index (χ4n) is 1.92. The second-order valence-electron chi connectivity index (χ2n) is 5.45. The quantitative estimate of drug-likeness (QED) is 0.736. The van der Waals surface area contributed by atoms with Crippen molar-refractivity contribution in [2.24, 2.45) is 0 Å². The van der Waals surface area contributed by atoms with E-state index < -0.39 is 16.1 Å². The third kappa shape index (κ3) is 4.50. The number of aliphatic hydroxyl groups is 1. The Morgan fingerprint density at radius 2 is 2.09 bits per heavy atom. The summed E-state index contributed by atoms with van der Waals surface area (Å²) in [7, 11) is -3.80. The predicted molar refractivity (Wildman–Crippen MR) is 84.5 cm³/mol. The average molecular weight is 340 g/mol. The molecule has 126 valence electrons. The molecule has 1 atom stereocenters. The molecule has 0 saturated heterocycles. The zero-order valence-electron chi connectivity index (χ0n) is 13.0. The van der Waals surface area contributed by atoms with E-state index in [4.69, 9.17) is 0 Å². The molecule has 9 heteroatoms. The molecule has 0 radical (unpaired) electrons. The second kappa shape index (κ2) is 7.07. The summed E-state index contributed by atoms with van der Waals surface area (Å²) >= 11 is 0. The Labute approximate surface area is 134 Å². The number of sulfonamides is 1. The monoisotopic (exact) mass is 340 g/mol. The SMILES string of the molecule is CC(C)n1cnc(S(=O)(=O)NCC(O)Cn2ccccc2=O)c1. The minimum atomic E-state index is -3.80. The van der Waals surface area contributed by atoms with Gasteiger partial charge in [-0.1, -0.05) is 6.07 Å². The van der Waals surface area contributed by atoms with Gasteiger partial charge in [0.2, 0.25) is 0 Å². The van der Waals surface area contributed by atoms with E-state index in [0.717, 1.165) is 0 Å². The molecule has 2 heterocycles. The molecule has 2 N–H and O–H groups in total. The van der Waals surface area contributed by atoms with Crippen molar-refractivity contribution in [3.8, 4) is 0 Å². The summed E-state index contributed by atoms with van der Waals surface area (Å²) in [5.74, 6) is 0. The molecule has 0 saturated carbocycles. The zero-order valence-corrected chi connectivity index (χ0v) is 13.8. The highest BCUT2D eigenvalue weighted by Crippen LogP contribution is 2.10. The van der Waals surface area contributed by atoms with Crippen LogP contribution in [0.1, 0.15) is 19.9 Å². The lowest BCUT2D eigenvalue weighted by Crippen LogP contribution is -2.36. The molecule has 0 aliphatic rings. The van der Waals surface area contributed by atoms with Crippen molar-refractivity contribution >= 4 is 10.0 Å². The van der Waals surface area contributed by atoms with E-state index >= 15 is 0 Å². The molecule has 8 nitrogen and oxygen atoms in total. The van der Waals surface area contributed by atoms with Gasteiger partial charge in [-0.25, -0.2) is 18.1 Å². The topological polar surface area (TPSA) is 106 Å². The van der Waals surface area contributed by atoms with Crippen LogP contribution in [0.3, 0.4) is 0 Å². The number of nitrogens with zero attached hydrogens (tertiary/aromatic N) is 3. The predicted octanol–water partition coefficient (Wildman–Crippen LogP) is -0.0349. The van der Waals surface area contributed by atoms with E-state index in [2.05, 4.69) is 9.71 Å². The van der Waals surface area contributed by atoms with Crippen LogP contribution >= 0.6 is 0 Å². The maximum absolute atomic E-state index is 12.1. The summed E-state index contributed by atoms with van der Waals surface area (Å²) in [6, 6.07) is 4.73. The number of aromatic nitrogens is 3. The van der Waals surface area contributed by atoms with E-state index in [1.165, 1.54) is 29.4 Å². The third-order valence-electron chi connectivity index (χ3n) is 3.26. The van der Waals surface area contributed by atoms with E-state index in [9.17, 15) is 18.3 Å². The summed E-state index contributed by atoms with van der Waals surface area (Å²) in [5.41, 5.74) is -0.259. The average Bonchev–Trinajstić information content (AvgIpc) is 2.99. The van der Waals surface area contributed by atoms with Gasteiger partial charge in [0.1, 0.15) is 0 Å². The van der Waals surface area contributed by atoms with Crippen molar-refractivity contribution < 1.29 is 13.5 Å². The Morgan fingerprint density at radius 3 is 2.70 bits per heavy atom. The van der Waals surface area contributed by atoms with Gasteiger partial charge < -0.3 is 14.2 Å². The molecule has 23 heavy (non-hydrogen) atoms. The fraction of sp³-hybridized carbons (Fsp3) is 0.429. The molecule has 0 aliphatic heterocycles. The summed E-state index contributed by atoms with van der Waals surface area (Å²) in [6.45, 7) is 3.61. The maximum Gasteiger partial charge on any atom is 0.259 e.